The standard InChI is InChI=1S/C40H44N4O6.Mg/c1-10-24-20(5)27-16-30-25(11-2)21(6)29(42-30)18-32-22(7)26(12-13-33(45)50-15-14-19(3)4)38(44(32)48)35-36(40(47)49-9)39(46)34-23(8)28(43-37(34)35)17-31(24)41-27;/h11,14,16-18,22,26,36,44H,2,10,12-13,15H2,1,3-9H3,(H,43,46);/q-2;+2/p-1/b27-16-,31-17-,32-18-,38-35-;/t22-,26-,36+;/m0./s1. The number of ketones is 1. The van der Waals surface area contributed by atoms with E-state index in [-0.39, 0.29) is 59.1 Å². The molecule has 0 amide bonds. The number of allylic oxidation sites excluding steroid dienone is 3. The van der Waals surface area contributed by atoms with Crippen LogP contribution in [0.1, 0.15) is 101 Å². The van der Waals surface area contributed by atoms with Crippen molar-refractivity contribution in [3.8, 4) is 0 Å². The second-order valence-electron chi connectivity index (χ2n) is 13.6. The van der Waals surface area contributed by atoms with Crippen LogP contribution >= 0.6 is 0 Å². The van der Waals surface area contributed by atoms with Crippen molar-refractivity contribution in [2.45, 2.75) is 67.7 Å². The maximum atomic E-state index is 14.8. The van der Waals surface area contributed by atoms with E-state index < -0.39 is 29.6 Å². The molecule has 11 heteroatoms. The number of rotatable bonds is 8. The zero-order valence-corrected chi connectivity index (χ0v) is 32.1. The molecule has 8 bridgehead atoms. The number of hydroxylamine groups is 2. The summed E-state index contributed by atoms with van der Waals surface area (Å²) in [7, 11) is 1.23. The maximum Gasteiger partial charge on any atom is 2.00 e. The molecule has 1 aliphatic carbocycles. The Bertz CT molecular complexity index is 2170. The van der Waals surface area contributed by atoms with Crippen LogP contribution in [0.15, 0.2) is 29.6 Å². The van der Waals surface area contributed by atoms with Gasteiger partial charge in [0.2, 0.25) is 0 Å². The molecular weight excluding hydrogens is 657 g/mol. The van der Waals surface area contributed by atoms with E-state index >= 15 is 0 Å². The molecule has 1 fully saturated rings. The molecule has 3 aromatic heterocycles. The smallest absolute Gasteiger partial charge is 0.657 e. The third-order valence-corrected chi connectivity index (χ3v) is 10.5. The fourth-order valence-corrected chi connectivity index (χ4v) is 7.65. The van der Waals surface area contributed by atoms with Gasteiger partial charge in [0.05, 0.1) is 7.11 Å². The molecule has 1 unspecified atom stereocenters. The molecule has 0 spiro atoms. The number of hydrogen-bond acceptors (Lipinski definition) is 6. The number of esters is 2. The number of Topliss-reactive ketones (excluding diaryl/α,β-unsaturated/α-hetero) is 1. The predicted molar refractivity (Wildman–Crippen MR) is 196 cm³/mol. The molecule has 4 atom stereocenters. The summed E-state index contributed by atoms with van der Waals surface area (Å²) < 4.78 is 10.6. The second-order valence-corrected chi connectivity index (χ2v) is 13.6. The zero-order chi connectivity index (χ0) is 36.2. The minimum Gasteiger partial charge on any atom is -0.657 e. The van der Waals surface area contributed by atoms with E-state index in [1.807, 2.05) is 52.8 Å². The number of nitrogens with zero attached hydrogens (tertiary/aromatic N) is 3. The summed E-state index contributed by atoms with van der Waals surface area (Å²) >= 11 is 0. The minimum atomic E-state index is -1.36. The summed E-state index contributed by atoms with van der Waals surface area (Å²) in [5.41, 5.74) is 8.90. The average Bonchev–Trinajstić information content (AvgIpc) is 3.79. The first kappa shape index (κ1) is 38.1. The number of carbonyl (C=O) groups is 3. The Morgan fingerprint density at radius 3 is 2.33 bits per heavy atom. The summed E-state index contributed by atoms with van der Waals surface area (Å²) in [6.07, 6.45) is 10.2. The molecule has 1 N–H and O–H groups in total. The van der Waals surface area contributed by atoms with Gasteiger partial charge in [-0.15, -0.1) is 33.5 Å². The molecule has 0 radical (unpaired) electrons. The molecule has 5 heterocycles. The fourth-order valence-electron chi connectivity index (χ4n) is 7.65. The molecule has 1 saturated heterocycles. The number of methoxy groups -OCH3 is 1. The van der Waals surface area contributed by atoms with E-state index in [1.165, 1.54) is 7.11 Å². The monoisotopic (exact) mass is 699 g/mol. The van der Waals surface area contributed by atoms with Crippen molar-refractivity contribution < 1.29 is 28.9 Å². The van der Waals surface area contributed by atoms with Gasteiger partial charge in [0, 0.05) is 29.4 Å². The van der Waals surface area contributed by atoms with Crippen LogP contribution in [0.4, 0.5) is 0 Å². The Morgan fingerprint density at radius 2 is 1.69 bits per heavy atom. The van der Waals surface area contributed by atoms with Crippen molar-refractivity contribution in [2.75, 3.05) is 13.7 Å². The van der Waals surface area contributed by atoms with Crippen LogP contribution in [0.5, 0.6) is 0 Å². The van der Waals surface area contributed by atoms with Gasteiger partial charge in [-0.25, -0.2) is 0 Å². The van der Waals surface area contributed by atoms with Gasteiger partial charge in [-0.05, 0) is 65.2 Å². The third kappa shape index (κ3) is 6.45. The summed E-state index contributed by atoms with van der Waals surface area (Å²) in [6.45, 7) is 17.8. The van der Waals surface area contributed by atoms with Crippen LogP contribution in [0, 0.1) is 43.7 Å². The van der Waals surface area contributed by atoms with Crippen molar-refractivity contribution in [2.24, 2.45) is 17.8 Å². The van der Waals surface area contributed by atoms with Gasteiger partial charge in [-0.3, -0.25) is 14.4 Å². The Hall–Kier alpha value is -4.16. The molecule has 6 rings (SSSR count). The first-order valence-electron chi connectivity index (χ1n) is 17.1. The van der Waals surface area contributed by atoms with E-state index in [9.17, 15) is 19.6 Å². The molecule has 0 aromatic carbocycles. The second kappa shape index (κ2) is 14.8. The van der Waals surface area contributed by atoms with Gasteiger partial charge in [-0.2, -0.15) is 0 Å². The average molecular weight is 700 g/mol. The Kier molecular flexibility index (Phi) is 11.1. The van der Waals surface area contributed by atoms with Gasteiger partial charge in [0.1, 0.15) is 23.9 Å². The van der Waals surface area contributed by atoms with Crippen LogP contribution in [-0.4, -0.2) is 54.5 Å². The zero-order valence-electron chi connectivity index (χ0n) is 30.7. The molecule has 51 heavy (non-hydrogen) atoms. The van der Waals surface area contributed by atoms with E-state index in [4.69, 9.17) is 24.4 Å². The van der Waals surface area contributed by atoms with Crippen molar-refractivity contribution in [3.05, 3.63) is 102 Å². The molecule has 262 valence electrons. The Morgan fingerprint density at radius 1 is 1.00 bits per heavy atom. The number of aromatic nitrogens is 3. The third-order valence-electron chi connectivity index (χ3n) is 10.5. The molecule has 2 aliphatic heterocycles. The van der Waals surface area contributed by atoms with Gasteiger partial charge in [-0.1, -0.05) is 66.5 Å². The van der Waals surface area contributed by atoms with Gasteiger partial charge in [0.25, 0.3) is 0 Å². The number of hydrogen-bond donors (Lipinski definition) is 1. The Balaban J connectivity index is 0.00000504. The van der Waals surface area contributed by atoms with Crippen molar-refractivity contribution in [1.29, 1.82) is 0 Å². The fraction of sp³-hybridized carbons (Fsp3) is 0.375. The van der Waals surface area contributed by atoms with Crippen molar-refractivity contribution in [1.82, 2.24) is 15.0 Å². The van der Waals surface area contributed by atoms with E-state index in [0.717, 1.165) is 44.9 Å². The summed E-state index contributed by atoms with van der Waals surface area (Å²) in [5, 5.41) is 16.0. The number of carbonyl (C=O) groups excluding carboxylic acids is 3. The van der Waals surface area contributed by atoms with Gasteiger partial charge in [0.15, 0.2) is 5.78 Å². The molecule has 3 aromatic rings. The largest absolute Gasteiger partial charge is 2.00 e. The van der Waals surface area contributed by atoms with Crippen LogP contribution < -0.4 is 30.7 Å². The van der Waals surface area contributed by atoms with E-state index in [2.05, 4.69) is 13.5 Å². The quantitative estimate of drug-likeness (QED) is 0.124. The maximum absolute atomic E-state index is 14.8. The van der Waals surface area contributed by atoms with Crippen LogP contribution in [-0.2, 0) is 25.5 Å². The number of quaternary nitrogens is 1. The van der Waals surface area contributed by atoms with Crippen LogP contribution in [0.25, 0.3) is 29.9 Å². The van der Waals surface area contributed by atoms with Crippen LogP contribution in [0.3, 0.4) is 0 Å². The summed E-state index contributed by atoms with van der Waals surface area (Å²) in [4.78, 5) is 55.4. The number of ether oxygens (including phenoxy) is 2. The van der Waals surface area contributed by atoms with Gasteiger partial charge < -0.3 is 34.7 Å². The van der Waals surface area contributed by atoms with Gasteiger partial charge >= 0.3 is 35.0 Å². The first-order valence-corrected chi connectivity index (χ1v) is 17.1. The molecule has 0 saturated carbocycles. The SMILES string of the molecule is C=Cc1c2[n-]c(c1C)/C=C1/[C@@H](C)[C@H](CCC(=O)OCC=C(C)C)/C(=C3/c4[n-]c(c(C)c4C(=O)[C@@H]3C(=O)OC)/C=c3\[n-]/c(c(C)c3CC)=C\2)[NH+]1[O-].[Mg+2]. The number of fused-ring (bicyclic) bond motifs is 7. The molecule has 10 nitrogen and oxygen atoms in total. The molecule has 3 aliphatic rings. The summed E-state index contributed by atoms with van der Waals surface area (Å²) in [6, 6.07) is 0. The topological polar surface area (TPSA) is 139 Å². The Labute approximate surface area is 314 Å². The van der Waals surface area contributed by atoms with Crippen LogP contribution in [0.2, 0.25) is 0 Å². The minimum absolute atomic E-state index is 0. The van der Waals surface area contributed by atoms with E-state index in [1.54, 1.807) is 19.1 Å². The number of nitrogens with one attached hydrogen (secondary N) is 1. The van der Waals surface area contributed by atoms with Crippen molar-refractivity contribution >= 4 is 70.7 Å². The van der Waals surface area contributed by atoms with E-state index in [0.29, 0.717) is 45.3 Å². The first-order chi connectivity index (χ1) is 23.8. The normalized spacial score (nSPS) is 24.0. The predicted octanol–water partition coefficient (Wildman–Crippen LogP) is 2.95. The van der Waals surface area contributed by atoms with Crippen molar-refractivity contribution in [3.63, 3.8) is 0 Å². The molecular formula is C40H43MgN4O6-. The summed E-state index contributed by atoms with van der Waals surface area (Å²) in [5.74, 6) is -3.87.